The summed E-state index contributed by atoms with van der Waals surface area (Å²) < 4.78 is 2.74. The number of benzene rings is 8. The summed E-state index contributed by atoms with van der Waals surface area (Å²) in [5, 5.41) is 1.32. The minimum atomic E-state index is -0.436. The molecule has 3 heterocycles. The molecule has 0 unspecified atom stereocenters. The molecule has 4 aliphatic rings. The van der Waals surface area contributed by atoms with Gasteiger partial charge in [0.2, 0.25) is 0 Å². The highest BCUT2D eigenvalue weighted by Gasteiger charge is 2.53. The maximum Gasteiger partial charge on any atom is 0.264 e. The third-order valence-electron chi connectivity index (χ3n) is 14.6. The van der Waals surface area contributed by atoms with Gasteiger partial charge in [0.15, 0.2) is 0 Å². The van der Waals surface area contributed by atoms with Crippen LogP contribution in [0.5, 0.6) is 0 Å². The summed E-state index contributed by atoms with van der Waals surface area (Å²) in [6.45, 7) is 13.9. The molecule has 0 saturated heterocycles. The summed E-state index contributed by atoms with van der Waals surface area (Å²) in [5.41, 5.74) is 24.7. The van der Waals surface area contributed by atoms with E-state index in [0.29, 0.717) is 5.92 Å². The Bertz CT molecular complexity index is 3340. The number of hydrogen-bond acceptors (Lipinski definition) is 3. The van der Waals surface area contributed by atoms with Crippen molar-refractivity contribution >= 4 is 78.0 Å². The Morgan fingerprint density at radius 3 is 1.84 bits per heavy atom. The van der Waals surface area contributed by atoms with E-state index in [-0.39, 0.29) is 12.1 Å². The van der Waals surface area contributed by atoms with Crippen LogP contribution in [0.15, 0.2) is 170 Å². The number of para-hydroxylation sites is 2. The van der Waals surface area contributed by atoms with E-state index in [1.54, 1.807) is 0 Å². The number of fused-ring (bicyclic) bond motifs is 16. The highest BCUT2D eigenvalue weighted by atomic mass is 32.1. The van der Waals surface area contributed by atoms with Crippen LogP contribution in [0.3, 0.4) is 0 Å². The van der Waals surface area contributed by atoms with Gasteiger partial charge in [-0.3, -0.25) is 0 Å². The molecule has 63 heavy (non-hydrogen) atoms. The van der Waals surface area contributed by atoms with Crippen LogP contribution >= 0.6 is 11.3 Å². The first-order valence-electron chi connectivity index (χ1n) is 22.6. The van der Waals surface area contributed by atoms with Gasteiger partial charge in [-0.1, -0.05) is 150 Å². The summed E-state index contributed by atoms with van der Waals surface area (Å²) in [7, 11) is 0. The fourth-order valence-corrected chi connectivity index (χ4v) is 13.1. The SMILES string of the molecule is Cc1cc2c3c(c1)N(c1ccc(C(C)(C)C)cc1)c1c(sc4cc5c(cc14)C1(c4ccccc4-c4ccccc41)c1cc(C(C)C)ccc1-5)B3c1ccccc1N2c1ccccc1. The van der Waals surface area contributed by atoms with Gasteiger partial charge in [-0.05, 0) is 145 Å². The zero-order valence-corrected chi connectivity index (χ0v) is 37.4. The first-order chi connectivity index (χ1) is 30.6. The van der Waals surface area contributed by atoms with Gasteiger partial charge >= 0.3 is 0 Å². The van der Waals surface area contributed by atoms with Gasteiger partial charge in [-0.25, -0.2) is 0 Å². The second-order valence-corrected chi connectivity index (χ2v) is 20.6. The van der Waals surface area contributed by atoms with Crippen molar-refractivity contribution in [2.24, 2.45) is 0 Å². The third kappa shape index (κ3) is 4.91. The molecule has 1 spiro atoms. The smallest absolute Gasteiger partial charge is 0.264 e. The fourth-order valence-electron chi connectivity index (χ4n) is 11.8. The van der Waals surface area contributed by atoms with Gasteiger partial charge in [0, 0.05) is 43.3 Å². The Kier molecular flexibility index (Phi) is 7.61. The monoisotopic (exact) mass is 826 g/mol. The van der Waals surface area contributed by atoms with Crippen molar-refractivity contribution < 1.29 is 0 Å². The highest BCUT2D eigenvalue weighted by Crippen LogP contribution is 2.64. The molecule has 0 bridgehead atoms. The second-order valence-electron chi connectivity index (χ2n) is 19.5. The van der Waals surface area contributed by atoms with Crippen LogP contribution < -0.4 is 25.5 Å². The van der Waals surface area contributed by atoms with Crippen molar-refractivity contribution in [3.05, 3.63) is 209 Å². The van der Waals surface area contributed by atoms with Crippen LogP contribution in [0.4, 0.5) is 34.1 Å². The summed E-state index contributed by atoms with van der Waals surface area (Å²) in [5.74, 6) is 0.418. The summed E-state index contributed by atoms with van der Waals surface area (Å²) in [4.78, 5) is 5.14. The quantitative estimate of drug-likeness (QED) is 0.164. The van der Waals surface area contributed by atoms with E-state index in [1.165, 1.54) is 121 Å². The Labute approximate surface area is 375 Å². The molecule has 2 aliphatic carbocycles. The maximum absolute atomic E-state index is 2.64. The number of aryl methyl sites for hydroxylation is 1. The summed E-state index contributed by atoms with van der Waals surface area (Å²) in [6, 6.07) is 65.4. The van der Waals surface area contributed by atoms with Crippen LogP contribution in [0, 0.1) is 6.92 Å². The molecule has 0 saturated carbocycles. The summed E-state index contributed by atoms with van der Waals surface area (Å²) >= 11 is 2.00. The molecule has 0 radical (unpaired) electrons. The molecule has 0 fully saturated rings. The Morgan fingerprint density at radius 1 is 0.540 bits per heavy atom. The molecule has 9 aromatic rings. The molecule has 8 aromatic carbocycles. The Balaban J connectivity index is 1.15. The Hall–Kier alpha value is -6.62. The van der Waals surface area contributed by atoms with Crippen molar-refractivity contribution in [1.29, 1.82) is 0 Å². The molecule has 0 atom stereocenters. The molecule has 0 N–H and O–H groups in total. The molecule has 2 aliphatic heterocycles. The van der Waals surface area contributed by atoms with Gasteiger partial charge in [0.1, 0.15) is 0 Å². The predicted octanol–water partition coefficient (Wildman–Crippen LogP) is 14.1. The molecule has 13 rings (SSSR count). The van der Waals surface area contributed by atoms with Crippen molar-refractivity contribution in [3.8, 4) is 22.3 Å². The number of rotatable bonds is 3. The van der Waals surface area contributed by atoms with Gasteiger partial charge in [0.05, 0.1) is 11.1 Å². The summed E-state index contributed by atoms with van der Waals surface area (Å²) in [6.07, 6.45) is 0. The maximum atomic E-state index is 2.64. The number of thiophene rings is 1. The molecule has 302 valence electrons. The molecule has 0 amide bonds. The normalized spacial score (nSPS) is 14.7. The lowest BCUT2D eigenvalue weighted by molar-refractivity contribution is 0.590. The minimum Gasteiger partial charge on any atom is -0.311 e. The van der Waals surface area contributed by atoms with Crippen LogP contribution in [0.1, 0.15) is 79.5 Å². The minimum absolute atomic E-state index is 0.0430. The fraction of sp³-hybridized carbons (Fsp3) is 0.153. The van der Waals surface area contributed by atoms with Crippen molar-refractivity contribution in [2.45, 2.75) is 58.3 Å². The second kappa shape index (κ2) is 13.0. The lowest BCUT2D eigenvalue weighted by atomic mass is 9.36. The lowest BCUT2D eigenvalue weighted by Gasteiger charge is -2.43. The van der Waals surface area contributed by atoms with Crippen molar-refractivity contribution in [3.63, 3.8) is 0 Å². The van der Waals surface area contributed by atoms with E-state index in [0.717, 1.165) is 0 Å². The van der Waals surface area contributed by atoms with Crippen LogP contribution in [0.2, 0.25) is 0 Å². The van der Waals surface area contributed by atoms with E-state index in [1.807, 2.05) is 11.3 Å². The van der Waals surface area contributed by atoms with Gasteiger partial charge < -0.3 is 9.80 Å². The average Bonchev–Trinajstić information content (AvgIpc) is 3.91. The van der Waals surface area contributed by atoms with E-state index in [2.05, 4.69) is 221 Å². The zero-order chi connectivity index (χ0) is 42.5. The molecular weight excluding hydrogens is 780 g/mol. The van der Waals surface area contributed by atoms with E-state index < -0.39 is 5.41 Å². The van der Waals surface area contributed by atoms with Crippen molar-refractivity contribution in [1.82, 2.24) is 0 Å². The Morgan fingerprint density at radius 2 is 1.14 bits per heavy atom. The first-order valence-corrected chi connectivity index (χ1v) is 23.4. The average molecular weight is 827 g/mol. The van der Waals surface area contributed by atoms with E-state index in [9.17, 15) is 0 Å². The number of nitrogens with zero attached hydrogens (tertiary/aromatic N) is 2. The number of hydrogen-bond donors (Lipinski definition) is 0. The molecular formula is C59H47BN2S. The molecule has 4 heteroatoms. The van der Waals surface area contributed by atoms with Crippen molar-refractivity contribution in [2.75, 3.05) is 9.80 Å². The highest BCUT2D eigenvalue weighted by molar-refractivity contribution is 7.33. The first kappa shape index (κ1) is 37.0. The zero-order valence-electron chi connectivity index (χ0n) is 36.6. The largest absolute Gasteiger partial charge is 0.311 e. The topological polar surface area (TPSA) is 6.48 Å². The van der Waals surface area contributed by atoms with Gasteiger partial charge in [-0.15, -0.1) is 11.3 Å². The molecule has 2 nitrogen and oxygen atoms in total. The van der Waals surface area contributed by atoms with Crippen LogP contribution in [-0.2, 0) is 10.8 Å². The number of anilines is 6. The van der Waals surface area contributed by atoms with E-state index >= 15 is 0 Å². The van der Waals surface area contributed by atoms with Crippen LogP contribution in [0.25, 0.3) is 32.3 Å². The predicted molar refractivity (Wildman–Crippen MR) is 270 cm³/mol. The van der Waals surface area contributed by atoms with Crippen LogP contribution in [-0.4, -0.2) is 6.71 Å². The standard InChI is InChI=1S/C59H47BN2S/c1-35(2)37-24-29-43-44-34-54-45(33-49(44)59(48(43)32-37)46-20-12-10-18-41(46)42-19-11-13-21-47(42)59)56-57(63-54)60-50-22-14-15-23-51(50)61(39-16-8-7-9-17-39)52-30-36(3)31-53(55(52)60)62(56)40-27-25-38(26-28-40)58(4,5)6/h7-35H,1-6H3. The van der Waals surface area contributed by atoms with Gasteiger partial charge in [0.25, 0.3) is 6.71 Å². The van der Waals surface area contributed by atoms with E-state index in [4.69, 9.17) is 0 Å². The lowest BCUT2D eigenvalue weighted by Crippen LogP contribution is -2.60. The molecule has 1 aromatic heterocycles. The third-order valence-corrected chi connectivity index (χ3v) is 15.8. The van der Waals surface area contributed by atoms with Gasteiger partial charge in [-0.2, -0.15) is 0 Å².